The molecular formula is C30H23FN6O2. The van der Waals surface area contributed by atoms with Crippen molar-refractivity contribution in [2.75, 3.05) is 21.3 Å². The Balaban J connectivity index is 1.18. The lowest BCUT2D eigenvalue weighted by Crippen LogP contribution is -2.16. The number of hydrogen-bond acceptors (Lipinski definition) is 6. The van der Waals surface area contributed by atoms with E-state index in [1.54, 1.807) is 61.2 Å². The van der Waals surface area contributed by atoms with E-state index in [9.17, 15) is 14.0 Å². The van der Waals surface area contributed by atoms with Crippen LogP contribution < -0.4 is 21.3 Å². The van der Waals surface area contributed by atoms with Crippen molar-refractivity contribution in [1.29, 1.82) is 0 Å². The largest absolute Gasteiger partial charge is 0.355 e. The minimum Gasteiger partial charge on any atom is -0.355 e. The summed E-state index contributed by atoms with van der Waals surface area (Å²) >= 11 is 0. The molecule has 2 heterocycles. The van der Waals surface area contributed by atoms with Crippen LogP contribution in [0.25, 0.3) is 0 Å². The topological polar surface area (TPSA) is 108 Å². The van der Waals surface area contributed by atoms with Crippen molar-refractivity contribution in [3.8, 4) is 0 Å². The molecule has 0 saturated carbocycles. The first kappa shape index (κ1) is 25.1. The average molecular weight is 519 g/mol. The summed E-state index contributed by atoms with van der Waals surface area (Å²) in [5.41, 5.74) is 4.39. The van der Waals surface area contributed by atoms with Gasteiger partial charge in [-0.1, -0.05) is 0 Å². The van der Waals surface area contributed by atoms with Crippen molar-refractivity contribution in [2.24, 2.45) is 0 Å². The number of carbonyl (C=O) groups is 2. The lowest BCUT2D eigenvalue weighted by Gasteiger charge is -2.10. The van der Waals surface area contributed by atoms with Crippen molar-refractivity contribution in [2.45, 2.75) is 0 Å². The fourth-order valence-corrected chi connectivity index (χ4v) is 3.72. The summed E-state index contributed by atoms with van der Waals surface area (Å²) in [6.07, 6.45) is 6.73. The molecule has 192 valence electrons. The first-order valence-corrected chi connectivity index (χ1v) is 12.0. The number of rotatable bonds is 8. The maximum atomic E-state index is 14.8. The second kappa shape index (κ2) is 11.7. The molecular weight excluding hydrogens is 495 g/mol. The summed E-state index contributed by atoms with van der Waals surface area (Å²) in [5, 5.41) is 11.8. The van der Waals surface area contributed by atoms with Gasteiger partial charge in [-0.05, 0) is 91.0 Å². The monoisotopic (exact) mass is 518 g/mol. The van der Waals surface area contributed by atoms with E-state index in [2.05, 4.69) is 31.2 Å². The number of benzene rings is 3. The normalized spacial score (nSPS) is 10.4. The van der Waals surface area contributed by atoms with Gasteiger partial charge in [-0.15, -0.1) is 0 Å². The Morgan fingerprint density at radius 3 is 1.38 bits per heavy atom. The fourth-order valence-electron chi connectivity index (χ4n) is 3.72. The number of amides is 2. The summed E-state index contributed by atoms with van der Waals surface area (Å²) in [6.45, 7) is 0. The van der Waals surface area contributed by atoms with Gasteiger partial charge in [0.1, 0.15) is 5.82 Å². The smallest absolute Gasteiger partial charge is 0.258 e. The second-order valence-electron chi connectivity index (χ2n) is 8.48. The summed E-state index contributed by atoms with van der Waals surface area (Å²) in [7, 11) is 0. The first-order chi connectivity index (χ1) is 19.0. The molecule has 0 aliphatic rings. The van der Waals surface area contributed by atoms with Gasteiger partial charge < -0.3 is 21.3 Å². The molecule has 2 amide bonds. The van der Waals surface area contributed by atoms with Gasteiger partial charge in [0.05, 0.1) is 5.56 Å². The van der Waals surface area contributed by atoms with Crippen molar-refractivity contribution < 1.29 is 14.0 Å². The number of aromatic nitrogens is 2. The number of nitrogens with one attached hydrogen (secondary N) is 4. The molecule has 0 spiro atoms. The molecule has 3 aromatic carbocycles. The van der Waals surface area contributed by atoms with Crippen LogP contribution in [0.3, 0.4) is 0 Å². The molecule has 0 unspecified atom stereocenters. The Morgan fingerprint density at radius 2 is 0.923 bits per heavy atom. The number of carbonyl (C=O) groups excluding carboxylic acids is 2. The maximum absolute atomic E-state index is 14.8. The van der Waals surface area contributed by atoms with Gasteiger partial charge in [0, 0.05) is 64.5 Å². The zero-order valence-electron chi connectivity index (χ0n) is 20.6. The van der Waals surface area contributed by atoms with Crippen LogP contribution >= 0.6 is 0 Å². The maximum Gasteiger partial charge on any atom is 0.258 e. The summed E-state index contributed by atoms with van der Waals surface area (Å²) in [5.74, 6) is -1.91. The molecule has 0 radical (unpaired) electrons. The zero-order valence-corrected chi connectivity index (χ0v) is 20.6. The van der Waals surface area contributed by atoms with Crippen molar-refractivity contribution in [3.05, 3.63) is 133 Å². The Kier molecular flexibility index (Phi) is 7.50. The van der Waals surface area contributed by atoms with Crippen LogP contribution in [0.2, 0.25) is 0 Å². The Labute approximate surface area is 224 Å². The highest BCUT2D eigenvalue weighted by Crippen LogP contribution is 2.21. The van der Waals surface area contributed by atoms with Crippen LogP contribution in [0.1, 0.15) is 20.7 Å². The van der Waals surface area contributed by atoms with Crippen LogP contribution in [0.5, 0.6) is 0 Å². The van der Waals surface area contributed by atoms with Gasteiger partial charge in [-0.2, -0.15) is 0 Å². The molecule has 0 saturated heterocycles. The van der Waals surface area contributed by atoms with E-state index < -0.39 is 17.6 Å². The molecule has 0 fully saturated rings. The van der Waals surface area contributed by atoms with Gasteiger partial charge in [0.25, 0.3) is 11.8 Å². The highest BCUT2D eigenvalue weighted by Gasteiger charge is 2.15. The standard InChI is InChI=1S/C30H23FN6O2/c31-28-19-20(29(38)36-23-6-2-21(3-7-23)34-25-11-15-32-16-12-25)1-10-27(28)30(39)37-24-8-4-22(5-9-24)35-26-13-17-33-18-14-26/h1-19H,(H,32,34)(H,33,35)(H,36,38)(H,37,39). The predicted molar refractivity (Wildman–Crippen MR) is 150 cm³/mol. The molecule has 0 bridgehead atoms. The van der Waals surface area contributed by atoms with Crippen LogP contribution in [-0.4, -0.2) is 21.8 Å². The third-order valence-electron chi connectivity index (χ3n) is 5.70. The summed E-state index contributed by atoms with van der Waals surface area (Å²) in [4.78, 5) is 33.3. The number of anilines is 6. The van der Waals surface area contributed by atoms with Gasteiger partial charge in [-0.25, -0.2) is 4.39 Å². The van der Waals surface area contributed by atoms with E-state index >= 15 is 0 Å². The van der Waals surface area contributed by atoms with Gasteiger partial charge in [0.2, 0.25) is 0 Å². The van der Waals surface area contributed by atoms with Gasteiger partial charge >= 0.3 is 0 Å². The van der Waals surface area contributed by atoms with Crippen LogP contribution in [0.15, 0.2) is 116 Å². The number of pyridine rings is 2. The first-order valence-electron chi connectivity index (χ1n) is 12.0. The van der Waals surface area contributed by atoms with E-state index in [0.29, 0.717) is 11.4 Å². The molecule has 2 aromatic heterocycles. The van der Waals surface area contributed by atoms with Crippen LogP contribution in [0.4, 0.5) is 38.5 Å². The average Bonchev–Trinajstić information content (AvgIpc) is 2.96. The third-order valence-corrected chi connectivity index (χ3v) is 5.70. The molecule has 0 aliphatic carbocycles. The molecule has 39 heavy (non-hydrogen) atoms. The second-order valence-corrected chi connectivity index (χ2v) is 8.48. The van der Waals surface area contributed by atoms with Crippen molar-refractivity contribution in [3.63, 3.8) is 0 Å². The van der Waals surface area contributed by atoms with Crippen LogP contribution in [0, 0.1) is 5.82 Å². The Hall–Kier alpha value is -5.57. The van der Waals surface area contributed by atoms with Gasteiger partial charge in [-0.3, -0.25) is 19.6 Å². The quantitative estimate of drug-likeness (QED) is 0.184. The lowest BCUT2D eigenvalue weighted by molar-refractivity contribution is 0.101. The molecule has 0 atom stereocenters. The molecule has 8 nitrogen and oxygen atoms in total. The van der Waals surface area contributed by atoms with Crippen molar-refractivity contribution in [1.82, 2.24) is 9.97 Å². The van der Waals surface area contributed by atoms with Crippen molar-refractivity contribution >= 4 is 45.9 Å². The highest BCUT2D eigenvalue weighted by atomic mass is 19.1. The molecule has 5 aromatic rings. The molecule has 5 rings (SSSR count). The van der Waals surface area contributed by atoms with Gasteiger partial charge in [0.15, 0.2) is 0 Å². The molecule has 0 aliphatic heterocycles. The third kappa shape index (κ3) is 6.60. The predicted octanol–water partition coefficient (Wildman–Crippen LogP) is 6.61. The Morgan fingerprint density at radius 1 is 0.513 bits per heavy atom. The van der Waals surface area contributed by atoms with E-state index in [-0.39, 0.29) is 11.1 Å². The number of hydrogen-bond donors (Lipinski definition) is 4. The summed E-state index contributed by atoms with van der Waals surface area (Å²) < 4.78 is 14.8. The molecule has 9 heteroatoms. The SMILES string of the molecule is O=C(Nc1ccc(Nc2ccncc2)cc1)c1ccc(C(=O)Nc2ccc(Nc3ccncc3)cc2)c(F)c1. The van der Waals surface area contributed by atoms with E-state index in [4.69, 9.17) is 0 Å². The number of halogens is 1. The Bertz CT molecular complexity index is 1580. The minimum atomic E-state index is -0.798. The fraction of sp³-hybridized carbons (Fsp3) is 0. The van der Waals surface area contributed by atoms with E-state index in [1.807, 2.05) is 36.4 Å². The van der Waals surface area contributed by atoms with Crippen LogP contribution in [-0.2, 0) is 0 Å². The minimum absolute atomic E-state index is 0.0922. The lowest BCUT2D eigenvalue weighted by atomic mass is 10.1. The van der Waals surface area contributed by atoms with E-state index in [1.165, 1.54) is 12.1 Å². The highest BCUT2D eigenvalue weighted by molar-refractivity contribution is 6.07. The zero-order chi connectivity index (χ0) is 27.0. The number of nitrogens with zero attached hydrogens (tertiary/aromatic N) is 2. The molecule has 4 N–H and O–H groups in total. The van der Waals surface area contributed by atoms with E-state index in [0.717, 1.165) is 28.8 Å². The summed E-state index contributed by atoms with van der Waals surface area (Å²) in [6, 6.07) is 25.2.